The molecule has 1 aliphatic heterocycles. The van der Waals surface area contributed by atoms with E-state index >= 15 is 0 Å². The van der Waals surface area contributed by atoms with E-state index in [-0.39, 0.29) is 0 Å². The van der Waals surface area contributed by atoms with Gasteiger partial charge in [0.1, 0.15) is 5.75 Å². The lowest BCUT2D eigenvalue weighted by Crippen LogP contribution is -2.36. The quantitative estimate of drug-likeness (QED) is 0.336. The molecule has 0 radical (unpaired) electrons. The predicted molar refractivity (Wildman–Crippen MR) is 130 cm³/mol. The first-order valence-electron chi connectivity index (χ1n) is 11.3. The van der Waals surface area contributed by atoms with Gasteiger partial charge in [0.2, 0.25) is 0 Å². The molecule has 0 unspecified atom stereocenters. The van der Waals surface area contributed by atoms with E-state index in [4.69, 9.17) is 14.2 Å². The Bertz CT molecular complexity index is 849. The summed E-state index contributed by atoms with van der Waals surface area (Å²) in [5.74, 6) is 1.66. The van der Waals surface area contributed by atoms with Crippen LogP contribution in [0.25, 0.3) is 0 Å². The van der Waals surface area contributed by atoms with Crippen LogP contribution in [0.3, 0.4) is 0 Å². The third-order valence-electron chi connectivity index (χ3n) is 5.42. The van der Waals surface area contributed by atoms with E-state index in [0.29, 0.717) is 26.3 Å². The van der Waals surface area contributed by atoms with E-state index in [9.17, 15) is 0 Å². The van der Waals surface area contributed by atoms with Crippen LogP contribution in [-0.2, 0) is 22.6 Å². The zero-order chi connectivity index (χ0) is 22.6. The maximum Gasteiger partial charge on any atom is 0.191 e. The van der Waals surface area contributed by atoms with Crippen LogP contribution in [0.5, 0.6) is 5.75 Å². The van der Waals surface area contributed by atoms with Crippen molar-refractivity contribution in [3.63, 3.8) is 0 Å². The highest BCUT2D eigenvalue weighted by Crippen LogP contribution is 2.21. The van der Waals surface area contributed by atoms with E-state index in [2.05, 4.69) is 69.9 Å². The van der Waals surface area contributed by atoms with Crippen LogP contribution in [0.4, 0.5) is 5.69 Å². The number of aliphatic imine (C=N–C) groups is 1. The number of aryl methyl sites for hydroxylation is 1. The number of hydrogen-bond acceptors (Lipinski definition) is 5. The molecule has 3 rings (SSSR count). The monoisotopic (exact) mass is 440 g/mol. The second-order valence-corrected chi connectivity index (χ2v) is 7.85. The van der Waals surface area contributed by atoms with Gasteiger partial charge in [-0.25, -0.2) is 0 Å². The Kier molecular flexibility index (Phi) is 9.65. The number of ether oxygens (including phenoxy) is 3. The third kappa shape index (κ3) is 7.43. The Labute approximate surface area is 191 Å². The molecule has 32 heavy (non-hydrogen) atoms. The largest absolute Gasteiger partial charge is 0.493 e. The Morgan fingerprint density at radius 3 is 2.50 bits per heavy atom. The first-order valence-corrected chi connectivity index (χ1v) is 11.3. The molecule has 1 saturated heterocycles. The molecule has 174 valence electrons. The molecule has 0 atom stereocenters. The molecule has 0 aromatic heterocycles. The van der Waals surface area contributed by atoms with E-state index in [1.54, 1.807) is 14.2 Å². The molecule has 1 heterocycles. The molecule has 1 fully saturated rings. The lowest BCUT2D eigenvalue weighted by atomic mass is 10.1. The summed E-state index contributed by atoms with van der Waals surface area (Å²) < 4.78 is 16.5. The molecule has 0 aliphatic carbocycles. The number of benzene rings is 2. The molecule has 7 nitrogen and oxygen atoms in total. The van der Waals surface area contributed by atoms with Crippen molar-refractivity contribution in [2.75, 3.05) is 58.6 Å². The Morgan fingerprint density at radius 2 is 1.78 bits per heavy atom. The smallest absolute Gasteiger partial charge is 0.191 e. The van der Waals surface area contributed by atoms with Gasteiger partial charge in [-0.05, 0) is 36.2 Å². The molecule has 1 aliphatic rings. The summed E-state index contributed by atoms with van der Waals surface area (Å²) in [6.07, 6.45) is 0.866. The van der Waals surface area contributed by atoms with Crippen LogP contribution < -0.4 is 20.3 Å². The summed E-state index contributed by atoms with van der Waals surface area (Å²) >= 11 is 0. The van der Waals surface area contributed by atoms with Crippen LogP contribution in [0.1, 0.15) is 23.1 Å². The first-order chi connectivity index (χ1) is 15.7. The van der Waals surface area contributed by atoms with Crippen molar-refractivity contribution in [3.8, 4) is 5.75 Å². The predicted octanol–water partition coefficient (Wildman–Crippen LogP) is 3.11. The molecule has 2 N–H and O–H groups in total. The summed E-state index contributed by atoms with van der Waals surface area (Å²) in [7, 11) is 3.49. The molecule has 2 aromatic carbocycles. The average molecular weight is 441 g/mol. The highest BCUT2D eigenvalue weighted by atomic mass is 16.5. The number of nitrogens with one attached hydrogen (secondary N) is 2. The Morgan fingerprint density at radius 1 is 1.03 bits per heavy atom. The normalized spacial score (nSPS) is 14.3. The summed E-state index contributed by atoms with van der Waals surface area (Å²) in [5.41, 5.74) is 4.74. The Hall–Kier alpha value is -2.77. The van der Waals surface area contributed by atoms with Gasteiger partial charge in [-0.1, -0.05) is 24.3 Å². The lowest BCUT2D eigenvalue weighted by molar-refractivity contribution is 0.122. The number of nitrogens with zero attached hydrogens (tertiary/aromatic N) is 2. The van der Waals surface area contributed by atoms with Gasteiger partial charge in [-0.15, -0.1) is 0 Å². The second-order valence-electron chi connectivity index (χ2n) is 7.85. The average Bonchev–Trinajstić information content (AvgIpc) is 2.84. The van der Waals surface area contributed by atoms with Crippen molar-refractivity contribution >= 4 is 11.6 Å². The second kappa shape index (κ2) is 12.9. The maximum atomic E-state index is 5.98. The molecule has 2 aromatic rings. The van der Waals surface area contributed by atoms with Crippen molar-refractivity contribution in [2.45, 2.75) is 26.4 Å². The van der Waals surface area contributed by atoms with Crippen LogP contribution in [-0.4, -0.2) is 59.6 Å². The summed E-state index contributed by atoms with van der Waals surface area (Å²) in [6, 6.07) is 15.0. The number of morpholine rings is 1. The first kappa shape index (κ1) is 23.9. The van der Waals surface area contributed by atoms with Gasteiger partial charge in [-0.2, -0.15) is 0 Å². The molecule has 0 saturated carbocycles. The van der Waals surface area contributed by atoms with Gasteiger partial charge in [0.05, 0.1) is 19.8 Å². The Balaban J connectivity index is 1.49. The van der Waals surface area contributed by atoms with Gasteiger partial charge in [0.15, 0.2) is 5.96 Å². The van der Waals surface area contributed by atoms with E-state index in [0.717, 1.165) is 50.0 Å². The van der Waals surface area contributed by atoms with E-state index in [1.165, 1.54) is 16.8 Å². The van der Waals surface area contributed by atoms with Crippen molar-refractivity contribution in [2.24, 2.45) is 4.99 Å². The number of methoxy groups -OCH3 is 1. The topological polar surface area (TPSA) is 67.4 Å². The van der Waals surface area contributed by atoms with E-state index < -0.39 is 0 Å². The minimum Gasteiger partial charge on any atom is -0.493 e. The standard InChI is InChI=1S/C25H36N4O3/c1-20-5-8-22(24(17-20)32-14-4-13-30-3)19-28-25(26-2)27-18-21-6-9-23(10-7-21)29-11-15-31-16-12-29/h5-10,17H,4,11-16,18-19H2,1-3H3,(H2,26,27,28). The van der Waals surface area contributed by atoms with Gasteiger partial charge in [-0.3, -0.25) is 4.99 Å². The number of guanidine groups is 1. The highest BCUT2D eigenvalue weighted by molar-refractivity contribution is 5.79. The highest BCUT2D eigenvalue weighted by Gasteiger charge is 2.11. The van der Waals surface area contributed by atoms with Crippen molar-refractivity contribution < 1.29 is 14.2 Å². The van der Waals surface area contributed by atoms with Gasteiger partial charge in [0.25, 0.3) is 0 Å². The zero-order valence-electron chi connectivity index (χ0n) is 19.5. The fourth-order valence-electron chi connectivity index (χ4n) is 3.56. The minimum absolute atomic E-state index is 0.634. The number of hydrogen-bond donors (Lipinski definition) is 2. The number of rotatable bonds is 10. The molecule has 0 amide bonds. The van der Waals surface area contributed by atoms with Crippen molar-refractivity contribution in [1.82, 2.24) is 10.6 Å². The molecule has 7 heteroatoms. The van der Waals surface area contributed by atoms with Crippen molar-refractivity contribution in [3.05, 3.63) is 59.2 Å². The van der Waals surface area contributed by atoms with Gasteiger partial charge < -0.3 is 29.7 Å². The molecule has 0 bridgehead atoms. The van der Waals surface area contributed by atoms with Gasteiger partial charge in [0, 0.05) is 64.6 Å². The summed E-state index contributed by atoms with van der Waals surface area (Å²) in [6.45, 7) is 8.24. The van der Waals surface area contributed by atoms with Gasteiger partial charge >= 0.3 is 0 Å². The lowest BCUT2D eigenvalue weighted by Gasteiger charge is -2.28. The van der Waals surface area contributed by atoms with Crippen LogP contribution in [0.15, 0.2) is 47.5 Å². The fraction of sp³-hybridized carbons (Fsp3) is 0.480. The summed E-state index contributed by atoms with van der Waals surface area (Å²) in [5, 5.41) is 6.79. The van der Waals surface area contributed by atoms with Crippen molar-refractivity contribution in [1.29, 1.82) is 0 Å². The fourth-order valence-corrected chi connectivity index (χ4v) is 3.56. The zero-order valence-corrected chi connectivity index (χ0v) is 19.5. The molecule has 0 spiro atoms. The SMILES string of the molecule is CN=C(NCc1ccc(N2CCOCC2)cc1)NCc1ccc(C)cc1OCCCOC. The van der Waals surface area contributed by atoms with Crippen LogP contribution in [0, 0.1) is 6.92 Å². The van der Waals surface area contributed by atoms with E-state index in [1.807, 2.05) is 0 Å². The third-order valence-corrected chi connectivity index (χ3v) is 5.42. The maximum absolute atomic E-state index is 5.98. The molecular formula is C25H36N4O3. The summed E-state index contributed by atoms with van der Waals surface area (Å²) in [4.78, 5) is 6.72. The minimum atomic E-state index is 0.634. The van der Waals surface area contributed by atoms with Crippen LogP contribution in [0.2, 0.25) is 0 Å². The molecular weight excluding hydrogens is 404 g/mol. The van der Waals surface area contributed by atoms with Crippen LogP contribution >= 0.6 is 0 Å². The number of anilines is 1.